The standard InChI is InChI=1S/C24H29N5O6/c1-23(2)34-14-24(3,35-23)13-33-16-7-9-25-19(11-16)27-22(31)29-15-8-10-28(12-15)18-6-5-17(21(30)32-4)26-20(18)29/h5-7,9,11,15H,8,10,12-14H2,1-4H3,(H,25,27,31)/t15?,24-/m0/s1. The van der Waals surface area contributed by atoms with Crippen LogP contribution in [-0.4, -0.2) is 72.8 Å². The molecule has 5 heterocycles. The summed E-state index contributed by atoms with van der Waals surface area (Å²) in [5, 5.41) is 2.85. The molecule has 2 atom stereocenters. The first kappa shape index (κ1) is 23.3. The quantitative estimate of drug-likeness (QED) is 0.641. The first-order valence-corrected chi connectivity index (χ1v) is 11.5. The van der Waals surface area contributed by atoms with Gasteiger partial charge in [-0.2, -0.15) is 0 Å². The Morgan fingerprint density at radius 3 is 2.83 bits per heavy atom. The largest absolute Gasteiger partial charge is 0.490 e. The minimum absolute atomic E-state index is 0.0647. The van der Waals surface area contributed by atoms with E-state index in [0.717, 1.165) is 18.7 Å². The molecule has 2 bridgehead atoms. The lowest BCUT2D eigenvalue weighted by molar-refractivity contribution is -0.162. The van der Waals surface area contributed by atoms with Gasteiger partial charge in [-0.25, -0.2) is 19.6 Å². The highest BCUT2D eigenvalue weighted by molar-refractivity contribution is 6.04. The van der Waals surface area contributed by atoms with Crippen molar-refractivity contribution in [3.63, 3.8) is 0 Å². The number of nitrogens with one attached hydrogen (secondary N) is 1. The van der Waals surface area contributed by atoms with E-state index in [9.17, 15) is 9.59 Å². The van der Waals surface area contributed by atoms with E-state index in [2.05, 4.69) is 20.2 Å². The van der Waals surface area contributed by atoms with Crippen LogP contribution in [0.15, 0.2) is 30.5 Å². The van der Waals surface area contributed by atoms with Crippen LogP contribution in [0.5, 0.6) is 5.75 Å². The summed E-state index contributed by atoms with van der Waals surface area (Å²) < 4.78 is 22.3. The first-order valence-electron chi connectivity index (χ1n) is 11.5. The topological polar surface area (TPSA) is 115 Å². The Morgan fingerprint density at radius 1 is 1.26 bits per heavy atom. The summed E-state index contributed by atoms with van der Waals surface area (Å²) >= 11 is 0. The average Bonchev–Trinajstić information content (AvgIpc) is 3.37. The van der Waals surface area contributed by atoms with E-state index in [1.807, 2.05) is 20.8 Å². The molecule has 5 rings (SSSR count). The molecule has 1 unspecified atom stereocenters. The number of anilines is 3. The van der Waals surface area contributed by atoms with Crippen LogP contribution in [0.25, 0.3) is 0 Å². The number of urea groups is 1. The number of amides is 2. The highest BCUT2D eigenvalue weighted by Gasteiger charge is 2.43. The van der Waals surface area contributed by atoms with Crippen LogP contribution < -0.4 is 19.9 Å². The number of aromatic nitrogens is 2. The maximum atomic E-state index is 13.4. The van der Waals surface area contributed by atoms with Gasteiger partial charge < -0.3 is 23.8 Å². The number of hydrogen-bond acceptors (Lipinski definition) is 9. The zero-order chi connectivity index (χ0) is 24.8. The van der Waals surface area contributed by atoms with Gasteiger partial charge in [-0.1, -0.05) is 0 Å². The molecule has 2 saturated heterocycles. The van der Waals surface area contributed by atoms with E-state index in [4.69, 9.17) is 18.9 Å². The molecule has 2 aromatic rings. The van der Waals surface area contributed by atoms with Gasteiger partial charge in [-0.05, 0) is 45.4 Å². The van der Waals surface area contributed by atoms with E-state index in [1.165, 1.54) is 7.11 Å². The highest BCUT2D eigenvalue weighted by atomic mass is 16.8. The smallest absolute Gasteiger partial charge is 0.356 e. The summed E-state index contributed by atoms with van der Waals surface area (Å²) in [5.41, 5.74) is 0.377. The minimum atomic E-state index is -0.655. The number of nitrogens with zero attached hydrogens (tertiary/aromatic N) is 4. The molecule has 35 heavy (non-hydrogen) atoms. The van der Waals surface area contributed by atoms with Gasteiger partial charge in [-0.15, -0.1) is 0 Å². The summed E-state index contributed by atoms with van der Waals surface area (Å²) in [7, 11) is 1.30. The number of esters is 1. The molecule has 3 aliphatic rings. The Labute approximate surface area is 203 Å². The normalized spacial score (nSPS) is 24.2. The van der Waals surface area contributed by atoms with Crippen molar-refractivity contribution < 1.29 is 28.5 Å². The van der Waals surface area contributed by atoms with Gasteiger partial charge in [0.25, 0.3) is 0 Å². The minimum Gasteiger partial charge on any atom is -0.490 e. The molecule has 2 fully saturated rings. The fraction of sp³-hybridized carbons (Fsp3) is 0.500. The second-order valence-electron chi connectivity index (χ2n) is 9.63. The number of carbonyl (C=O) groups excluding carboxylic acids is 2. The molecule has 11 heteroatoms. The number of methoxy groups -OCH3 is 1. The summed E-state index contributed by atoms with van der Waals surface area (Å²) in [6.45, 7) is 7.87. The predicted octanol–water partition coefficient (Wildman–Crippen LogP) is 2.81. The molecule has 186 valence electrons. The molecule has 0 aliphatic carbocycles. The summed E-state index contributed by atoms with van der Waals surface area (Å²) in [4.78, 5) is 37.9. The van der Waals surface area contributed by atoms with Crippen LogP contribution in [0.3, 0.4) is 0 Å². The second-order valence-corrected chi connectivity index (χ2v) is 9.63. The molecule has 0 aromatic carbocycles. The number of pyridine rings is 2. The van der Waals surface area contributed by atoms with Gasteiger partial charge in [-0.3, -0.25) is 10.2 Å². The van der Waals surface area contributed by atoms with Gasteiger partial charge in [0.2, 0.25) is 0 Å². The van der Waals surface area contributed by atoms with Crippen molar-refractivity contribution in [1.29, 1.82) is 0 Å². The van der Waals surface area contributed by atoms with Crippen molar-refractivity contribution in [2.45, 2.75) is 44.6 Å². The Balaban J connectivity index is 1.32. The van der Waals surface area contributed by atoms with Gasteiger partial charge in [0.15, 0.2) is 17.3 Å². The Morgan fingerprint density at radius 2 is 2.09 bits per heavy atom. The van der Waals surface area contributed by atoms with Crippen LogP contribution in [0.4, 0.5) is 22.1 Å². The first-order chi connectivity index (χ1) is 16.7. The van der Waals surface area contributed by atoms with Crippen molar-refractivity contribution in [2.24, 2.45) is 0 Å². The third-order valence-electron chi connectivity index (χ3n) is 6.29. The van der Waals surface area contributed by atoms with Crippen molar-refractivity contribution >= 4 is 29.3 Å². The number of ether oxygens (including phenoxy) is 4. The van der Waals surface area contributed by atoms with Crippen LogP contribution in [-0.2, 0) is 14.2 Å². The lowest BCUT2D eigenvalue weighted by Crippen LogP contribution is -2.48. The highest BCUT2D eigenvalue weighted by Crippen LogP contribution is 2.39. The summed E-state index contributed by atoms with van der Waals surface area (Å²) in [6.07, 6.45) is 2.36. The van der Waals surface area contributed by atoms with Gasteiger partial charge in [0.05, 0.1) is 25.4 Å². The van der Waals surface area contributed by atoms with E-state index in [-0.39, 0.29) is 24.4 Å². The van der Waals surface area contributed by atoms with E-state index in [0.29, 0.717) is 30.5 Å². The molecule has 1 N–H and O–H groups in total. The Hall–Kier alpha value is -3.44. The molecule has 3 aliphatic heterocycles. The molecule has 0 spiro atoms. The van der Waals surface area contributed by atoms with Crippen LogP contribution in [0.1, 0.15) is 37.7 Å². The number of carbonyl (C=O) groups is 2. The Kier molecular flexibility index (Phi) is 5.76. The Bertz CT molecular complexity index is 1160. The van der Waals surface area contributed by atoms with Crippen molar-refractivity contribution in [3.8, 4) is 5.75 Å². The van der Waals surface area contributed by atoms with Gasteiger partial charge in [0.1, 0.15) is 23.8 Å². The molecule has 0 radical (unpaired) electrons. The summed E-state index contributed by atoms with van der Waals surface area (Å²) in [5.74, 6) is 0.106. The fourth-order valence-corrected chi connectivity index (χ4v) is 4.71. The lowest BCUT2D eigenvalue weighted by Gasteiger charge is -2.35. The van der Waals surface area contributed by atoms with E-state index in [1.54, 1.807) is 35.4 Å². The van der Waals surface area contributed by atoms with Crippen LogP contribution in [0, 0.1) is 0 Å². The zero-order valence-corrected chi connectivity index (χ0v) is 20.2. The number of hydrogen-bond donors (Lipinski definition) is 1. The average molecular weight is 484 g/mol. The molecule has 11 nitrogen and oxygen atoms in total. The summed E-state index contributed by atoms with van der Waals surface area (Å²) in [6, 6.07) is 6.35. The monoisotopic (exact) mass is 483 g/mol. The van der Waals surface area contributed by atoms with E-state index >= 15 is 0 Å². The van der Waals surface area contributed by atoms with Gasteiger partial charge >= 0.3 is 12.0 Å². The molecule has 0 saturated carbocycles. The molecular formula is C24H29N5O6. The third-order valence-corrected chi connectivity index (χ3v) is 6.29. The maximum Gasteiger partial charge on any atom is 0.356 e. The van der Waals surface area contributed by atoms with E-state index < -0.39 is 17.4 Å². The van der Waals surface area contributed by atoms with Crippen molar-refractivity contribution in [1.82, 2.24) is 9.97 Å². The van der Waals surface area contributed by atoms with Crippen LogP contribution in [0.2, 0.25) is 0 Å². The fourth-order valence-electron chi connectivity index (χ4n) is 4.71. The number of rotatable bonds is 5. The van der Waals surface area contributed by atoms with Crippen molar-refractivity contribution in [2.75, 3.05) is 48.5 Å². The second kappa shape index (κ2) is 8.65. The number of fused-ring (bicyclic) bond motifs is 4. The maximum absolute atomic E-state index is 13.4. The van der Waals surface area contributed by atoms with Crippen molar-refractivity contribution in [3.05, 3.63) is 36.2 Å². The SMILES string of the molecule is COC(=O)c1ccc2c(n1)N(C(=O)Nc1cc(OC[C@@]3(C)COC(C)(C)O3)ccn1)C1CCN2C1. The predicted molar refractivity (Wildman–Crippen MR) is 127 cm³/mol. The molecule has 2 aromatic heterocycles. The molecule has 2 amide bonds. The van der Waals surface area contributed by atoms with Gasteiger partial charge in [0, 0.05) is 25.4 Å². The molecular weight excluding hydrogens is 454 g/mol. The van der Waals surface area contributed by atoms with Crippen LogP contribution >= 0.6 is 0 Å². The lowest BCUT2D eigenvalue weighted by atomic mass is 10.1. The zero-order valence-electron chi connectivity index (χ0n) is 20.2. The third kappa shape index (κ3) is 4.61.